The summed E-state index contributed by atoms with van der Waals surface area (Å²) < 4.78 is 18.8. The van der Waals surface area contributed by atoms with Gasteiger partial charge in [0.15, 0.2) is 5.96 Å². The molecule has 6 nitrogen and oxygen atoms in total. The fourth-order valence-electron chi connectivity index (χ4n) is 2.02. The maximum Gasteiger partial charge on any atom is 0.407 e. The second kappa shape index (κ2) is 11.2. The number of nitrogens with one attached hydrogen (secondary N) is 3. The Hall–Kier alpha value is -1.58. The molecule has 1 amide bonds. The van der Waals surface area contributed by atoms with E-state index < -0.39 is 11.7 Å². The lowest BCUT2D eigenvalue weighted by atomic mass is 10.1. The van der Waals surface area contributed by atoms with Gasteiger partial charge in [-0.3, -0.25) is 4.99 Å². The van der Waals surface area contributed by atoms with Gasteiger partial charge in [-0.2, -0.15) is 0 Å². The molecular formula is C18H30FIN4O2. The Balaban J connectivity index is 0.00000625. The van der Waals surface area contributed by atoms with Crippen LogP contribution in [0, 0.1) is 12.7 Å². The zero-order valence-corrected chi connectivity index (χ0v) is 18.6. The molecule has 1 aromatic rings. The standard InChI is InChI=1S/C18H29FN4O2.HI/c1-12-7-8-14(11-15(12)19)13(2)23-16(20-6)21-9-10-22-17(24)25-18(3,4)5;/h7-8,11,13H,9-10H2,1-6H3,(H,22,24)(H2,20,21,23);1H. The van der Waals surface area contributed by atoms with Crippen molar-refractivity contribution < 1.29 is 13.9 Å². The van der Waals surface area contributed by atoms with Gasteiger partial charge < -0.3 is 20.7 Å². The van der Waals surface area contributed by atoms with Crippen molar-refractivity contribution in [3.05, 3.63) is 35.1 Å². The first-order valence-electron chi connectivity index (χ1n) is 8.32. The van der Waals surface area contributed by atoms with Gasteiger partial charge in [-0.1, -0.05) is 12.1 Å². The Morgan fingerprint density at radius 1 is 1.27 bits per heavy atom. The largest absolute Gasteiger partial charge is 0.444 e. The normalized spacial score (nSPS) is 12.7. The third kappa shape index (κ3) is 9.21. The van der Waals surface area contributed by atoms with Crippen LogP contribution in [0.1, 0.15) is 44.9 Å². The van der Waals surface area contributed by atoms with Gasteiger partial charge in [-0.25, -0.2) is 9.18 Å². The summed E-state index contributed by atoms with van der Waals surface area (Å²) in [6.07, 6.45) is -0.458. The summed E-state index contributed by atoms with van der Waals surface area (Å²) in [7, 11) is 1.65. The third-order valence-corrected chi connectivity index (χ3v) is 3.36. The molecule has 0 spiro atoms. The van der Waals surface area contributed by atoms with E-state index in [0.717, 1.165) is 5.56 Å². The third-order valence-electron chi connectivity index (χ3n) is 3.36. The fraction of sp³-hybridized carbons (Fsp3) is 0.556. The number of aliphatic imine (C=N–C) groups is 1. The summed E-state index contributed by atoms with van der Waals surface area (Å²) >= 11 is 0. The van der Waals surface area contributed by atoms with Crippen molar-refractivity contribution in [1.82, 2.24) is 16.0 Å². The van der Waals surface area contributed by atoms with Gasteiger partial charge in [0.1, 0.15) is 11.4 Å². The monoisotopic (exact) mass is 480 g/mol. The maximum absolute atomic E-state index is 13.7. The molecular weight excluding hydrogens is 450 g/mol. The zero-order chi connectivity index (χ0) is 19.0. The van der Waals surface area contributed by atoms with Crippen LogP contribution in [-0.2, 0) is 4.74 Å². The molecule has 0 bridgehead atoms. The Kier molecular flexibility index (Phi) is 10.5. The van der Waals surface area contributed by atoms with E-state index >= 15 is 0 Å². The molecule has 0 aliphatic carbocycles. The molecule has 8 heteroatoms. The Bertz CT molecular complexity index is 618. The minimum Gasteiger partial charge on any atom is -0.444 e. The summed E-state index contributed by atoms with van der Waals surface area (Å²) in [4.78, 5) is 15.7. The molecule has 0 saturated heterocycles. The van der Waals surface area contributed by atoms with Gasteiger partial charge >= 0.3 is 6.09 Å². The van der Waals surface area contributed by atoms with Crippen LogP contribution in [-0.4, -0.2) is 37.8 Å². The first-order chi connectivity index (χ1) is 11.6. The van der Waals surface area contributed by atoms with Crippen LogP contribution in [0.3, 0.4) is 0 Å². The number of guanidine groups is 1. The number of carbonyl (C=O) groups is 1. The molecule has 26 heavy (non-hydrogen) atoms. The Labute approximate surface area is 172 Å². The Morgan fingerprint density at radius 3 is 2.42 bits per heavy atom. The summed E-state index contributed by atoms with van der Waals surface area (Å²) in [6, 6.07) is 5.04. The number of rotatable bonds is 5. The molecule has 0 aliphatic heterocycles. The van der Waals surface area contributed by atoms with Crippen molar-refractivity contribution in [2.24, 2.45) is 4.99 Å². The first kappa shape index (κ1) is 24.4. The van der Waals surface area contributed by atoms with E-state index in [1.807, 2.05) is 33.8 Å². The van der Waals surface area contributed by atoms with Crippen LogP contribution < -0.4 is 16.0 Å². The second-order valence-electron chi connectivity index (χ2n) is 6.80. The van der Waals surface area contributed by atoms with Crippen molar-refractivity contribution in [3.8, 4) is 0 Å². The maximum atomic E-state index is 13.7. The van der Waals surface area contributed by atoms with Crippen LogP contribution in [0.4, 0.5) is 9.18 Å². The molecule has 1 rings (SSSR count). The fourth-order valence-corrected chi connectivity index (χ4v) is 2.02. The average molecular weight is 480 g/mol. The molecule has 1 aromatic carbocycles. The van der Waals surface area contributed by atoms with Gasteiger partial charge in [0.2, 0.25) is 0 Å². The molecule has 0 fully saturated rings. The average Bonchev–Trinajstić information content (AvgIpc) is 2.51. The van der Waals surface area contributed by atoms with E-state index in [2.05, 4.69) is 20.9 Å². The molecule has 0 radical (unpaired) electrons. The minimum absolute atomic E-state index is 0. The molecule has 0 saturated carbocycles. The summed E-state index contributed by atoms with van der Waals surface area (Å²) in [5, 5.41) is 8.93. The van der Waals surface area contributed by atoms with Gasteiger partial charge in [-0.05, 0) is 51.8 Å². The number of amides is 1. The number of nitrogens with zero attached hydrogens (tertiary/aromatic N) is 1. The number of alkyl carbamates (subject to hydrolysis) is 1. The van der Waals surface area contributed by atoms with Crippen LogP contribution in [0.5, 0.6) is 0 Å². The number of aryl methyl sites for hydroxylation is 1. The zero-order valence-electron chi connectivity index (χ0n) is 16.3. The molecule has 148 valence electrons. The van der Waals surface area contributed by atoms with Gasteiger partial charge in [0.05, 0.1) is 6.04 Å². The van der Waals surface area contributed by atoms with Gasteiger partial charge in [-0.15, -0.1) is 24.0 Å². The van der Waals surface area contributed by atoms with Gasteiger partial charge in [0.25, 0.3) is 0 Å². The number of hydrogen-bond donors (Lipinski definition) is 3. The highest BCUT2D eigenvalue weighted by Gasteiger charge is 2.15. The van der Waals surface area contributed by atoms with E-state index in [4.69, 9.17) is 4.74 Å². The van der Waals surface area contributed by atoms with Crippen molar-refractivity contribution in [2.45, 2.75) is 46.3 Å². The molecule has 1 unspecified atom stereocenters. The van der Waals surface area contributed by atoms with Crippen molar-refractivity contribution in [1.29, 1.82) is 0 Å². The van der Waals surface area contributed by atoms with Gasteiger partial charge in [0, 0.05) is 20.1 Å². The predicted molar refractivity (Wildman–Crippen MR) is 114 cm³/mol. The van der Waals surface area contributed by atoms with Crippen LogP contribution in [0.25, 0.3) is 0 Å². The van der Waals surface area contributed by atoms with Crippen LogP contribution >= 0.6 is 24.0 Å². The highest BCUT2D eigenvalue weighted by Crippen LogP contribution is 2.16. The smallest absolute Gasteiger partial charge is 0.407 e. The number of carbonyl (C=O) groups excluding carboxylic acids is 1. The molecule has 1 atom stereocenters. The molecule has 3 N–H and O–H groups in total. The number of halogens is 2. The predicted octanol–water partition coefficient (Wildman–Crippen LogP) is 3.50. The first-order valence-corrected chi connectivity index (χ1v) is 8.32. The number of hydrogen-bond acceptors (Lipinski definition) is 3. The SMILES string of the molecule is CN=C(NCCNC(=O)OC(C)(C)C)NC(C)c1ccc(C)c(F)c1.I. The van der Waals surface area contributed by atoms with E-state index in [0.29, 0.717) is 24.6 Å². The van der Waals surface area contributed by atoms with Crippen LogP contribution in [0.15, 0.2) is 23.2 Å². The summed E-state index contributed by atoms with van der Waals surface area (Å²) in [5.41, 5.74) is 0.929. The topological polar surface area (TPSA) is 74.8 Å². The minimum atomic E-state index is -0.520. The number of benzene rings is 1. The van der Waals surface area contributed by atoms with E-state index in [-0.39, 0.29) is 35.8 Å². The number of ether oxygens (including phenoxy) is 1. The van der Waals surface area contributed by atoms with Crippen LogP contribution in [0.2, 0.25) is 0 Å². The Morgan fingerprint density at radius 2 is 1.88 bits per heavy atom. The molecule has 0 heterocycles. The summed E-state index contributed by atoms with van der Waals surface area (Å²) in [6.45, 7) is 9.96. The lowest BCUT2D eigenvalue weighted by Gasteiger charge is -2.20. The summed E-state index contributed by atoms with van der Waals surface area (Å²) in [5.74, 6) is 0.343. The highest BCUT2D eigenvalue weighted by molar-refractivity contribution is 14.0. The van der Waals surface area contributed by atoms with Crippen molar-refractivity contribution in [2.75, 3.05) is 20.1 Å². The van der Waals surface area contributed by atoms with Crippen molar-refractivity contribution >= 4 is 36.0 Å². The lowest BCUT2D eigenvalue weighted by molar-refractivity contribution is 0.0529. The van der Waals surface area contributed by atoms with E-state index in [1.54, 1.807) is 20.0 Å². The van der Waals surface area contributed by atoms with E-state index in [9.17, 15) is 9.18 Å². The van der Waals surface area contributed by atoms with Crippen molar-refractivity contribution in [3.63, 3.8) is 0 Å². The molecule has 0 aliphatic rings. The quantitative estimate of drug-likeness (QED) is 0.261. The second-order valence-corrected chi connectivity index (χ2v) is 6.80. The lowest BCUT2D eigenvalue weighted by Crippen LogP contribution is -2.43. The molecule has 0 aromatic heterocycles. The highest BCUT2D eigenvalue weighted by atomic mass is 127. The van der Waals surface area contributed by atoms with E-state index in [1.165, 1.54) is 6.07 Å².